The molecule has 1 atom stereocenters. The van der Waals surface area contributed by atoms with E-state index in [0.29, 0.717) is 22.8 Å². The lowest BCUT2D eigenvalue weighted by Gasteiger charge is -2.19. The number of nitrogens with two attached hydrogens (primary N) is 1. The molecule has 1 heterocycles. The summed E-state index contributed by atoms with van der Waals surface area (Å²) in [6.07, 6.45) is 5.87. The summed E-state index contributed by atoms with van der Waals surface area (Å²) in [6, 6.07) is 9.62. The van der Waals surface area contributed by atoms with Crippen LogP contribution in [0.4, 0.5) is 5.69 Å². The standard InChI is InChI=1S/C18H20N4O/c19-11-12(18(20)21-13-6-2-1-3-7-13)10-16-17(23)14-8-4-5-9-15(14)22-16/h4-5,8-9,12-13H,1-3,6-7,10H2,(H2,20,21). The van der Waals surface area contributed by atoms with Gasteiger partial charge in [-0.05, 0) is 25.0 Å². The van der Waals surface area contributed by atoms with E-state index in [2.05, 4.69) is 16.1 Å². The number of benzene rings is 1. The smallest absolute Gasteiger partial charge is 0.209 e. The maximum Gasteiger partial charge on any atom is 0.209 e. The molecular weight excluding hydrogens is 288 g/mol. The summed E-state index contributed by atoms with van der Waals surface area (Å²) in [4.78, 5) is 21.2. The number of carbonyl (C=O) groups excluding carboxylic acids is 1. The Morgan fingerprint density at radius 2 is 2.09 bits per heavy atom. The lowest BCUT2D eigenvalue weighted by Crippen LogP contribution is -2.29. The first kappa shape index (κ1) is 15.4. The summed E-state index contributed by atoms with van der Waals surface area (Å²) in [5.41, 5.74) is 7.72. The monoisotopic (exact) mass is 308 g/mol. The number of para-hydroxylation sites is 1. The van der Waals surface area contributed by atoms with E-state index in [0.717, 1.165) is 12.8 Å². The molecule has 1 fully saturated rings. The number of nitrogens with zero attached hydrogens (tertiary/aromatic N) is 3. The van der Waals surface area contributed by atoms with Crippen molar-refractivity contribution in [3.05, 3.63) is 29.8 Å². The van der Waals surface area contributed by atoms with Crippen molar-refractivity contribution in [3.63, 3.8) is 0 Å². The van der Waals surface area contributed by atoms with Gasteiger partial charge in [0.25, 0.3) is 0 Å². The fourth-order valence-corrected chi connectivity index (χ4v) is 3.17. The highest BCUT2D eigenvalue weighted by Gasteiger charge is 2.28. The molecule has 2 N–H and O–H groups in total. The molecule has 23 heavy (non-hydrogen) atoms. The molecular formula is C18H20N4O. The molecule has 1 aliphatic heterocycles. The molecule has 2 aliphatic rings. The third-order valence-corrected chi connectivity index (χ3v) is 4.48. The Morgan fingerprint density at radius 3 is 2.78 bits per heavy atom. The lowest BCUT2D eigenvalue weighted by molar-refractivity contribution is 0.106. The highest BCUT2D eigenvalue weighted by molar-refractivity contribution is 6.50. The number of fused-ring (bicyclic) bond motifs is 1. The van der Waals surface area contributed by atoms with Crippen LogP contribution in [-0.4, -0.2) is 23.4 Å². The Hall–Kier alpha value is -2.48. The summed E-state index contributed by atoms with van der Waals surface area (Å²) >= 11 is 0. The molecule has 1 aromatic rings. The zero-order chi connectivity index (χ0) is 16.2. The highest BCUT2D eigenvalue weighted by atomic mass is 16.1. The summed E-state index contributed by atoms with van der Waals surface area (Å²) < 4.78 is 0. The maximum atomic E-state index is 12.3. The first-order valence-corrected chi connectivity index (χ1v) is 8.13. The van der Waals surface area contributed by atoms with Crippen molar-refractivity contribution in [1.82, 2.24) is 0 Å². The van der Waals surface area contributed by atoms with Crippen molar-refractivity contribution < 1.29 is 4.79 Å². The quantitative estimate of drug-likeness (QED) is 0.684. The third kappa shape index (κ3) is 3.31. The third-order valence-electron chi connectivity index (χ3n) is 4.48. The molecule has 1 aliphatic carbocycles. The van der Waals surface area contributed by atoms with Crippen LogP contribution in [0.25, 0.3) is 0 Å². The molecule has 1 unspecified atom stereocenters. The average molecular weight is 308 g/mol. The van der Waals surface area contributed by atoms with Gasteiger partial charge in [-0.3, -0.25) is 9.79 Å². The van der Waals surface area contributed by atoms with Crippen LogP contribution in [0, 0.1) is 17.2 Å². The summed E-state index contributed by atoms with van der Waals surface area (Å²) in [6.45, 7) is 0. The van der Waals surface area contributed by atoms with Crippen molar-refractivity contribution in [2.24, 2.45) is 21.6 Å². The topological polar surface area (TPSA) is 91.6 Å². The van der Waals surface area contributed by atoms with Gasteiger partial charge in [0.15, 0.2) is 0 Å². The maximum absolute atomic E-state index is 12.3. The molecule has 3 rings (SSSR count). The first-order chi connectivity index (χ1) is 11.2. The Kier molecular flexibility index (Phi) is 4.52. The number of Topliss-reactive ketones (excluding diaryl/α,β-unsaturated/α-hetero) is 1. The number of ketones is 1. The van der Waals surface area contributed by atoms with Crippen LogP contribution in [0.15, 0.2) is 34.3 Å². The largest absolute Gasteiger partial charge is 0.386 e. The predicted octanol–water partition coefficient (Wildman–Crippen LogP) is 3.18. The second-order valence-corrected chi connectivity index (χ2v) is 6.14. The summed E-state index contributed by atoms with van der Waals surface area (Å²) in [5.74, 6) is -0.355. The van der Waals surface area contributed by atoms with Crippen molar-refractivity contribution in [3.8, 4) is 6.07 Å². The van der Waals surface area contributed by atoms with Gasteiger partial charge in [0, 0.05) is 12.0 Å². The fraction of sp³-hybridized carbons (Fsp3) is 0.444. The van der Waals surface area contributed by atoms with Crippen LogP contribution in [0.5, 0.6) is 0 Å². The van der Waals surface area contributed by atoms with Gasteiger partial charge in [-0.2, -0.15) is 5.26 Å². The molecule has 0 amide bonds. The lowest BCUT2D eigenvalue weighted by atomic mass is 9.95. The fourth-order valence-electron chi connectivity index (χ4n) is 3.17. The van der Waals surface area contributed by atoms with Crippen LogP contribution in [-0.2, 0) is 0 Å². The normalized spacial score (nSPS) is 19.9. The molecule has 0 saturated heterocycles. The molecule has 118 valence electrons. The molecule has 0 spiro atoms. The van der Waals surface area contributed by atoms with Gasteiger partial charge in [-0.1, -0.05) is 31.4 Å². The van der Waals surface area contributed by atoms with Crippen LogP contribution in [0.3, 0.4) is 0 Å². The Morgan fingerprint density at radius 1 is 1.35 bits per heavy atom. The van der Waals surface area contributed by atoms with E-state index >= 15 is 0 Å². The Bertz CT molecular complexity index is 708. The molecule has 5 heteroatoms. The molecule has 0 radical (unpaired) electrons. The summed E-state index contributed by atoms with van der Waals surface area (Å²) in [5, 5.41) is 9.41. The number of aliphatic imine (C=N–C) groups is 2. The van der Waals surface area contributed by atoms with Gasteiger partial charge in [0.1, 0.15) is 11.8 Å². The van der Waals surface area contributed by atoms with Crippen molar-refractivity contribution in [1.29, 1.82) is 5.26 Å². The highest BCUT2D eigenvalue weighted by Crippen LogP contribution is 2.28. The minimum atomic E-state index is -0.589. The van der Waals surface area contributed by atoms with E-state index in [-0.39, 0.29) is 18.2 Å². The number of amidine groups is 1. The molecule has 0 aromatic heterocycles. The number of hydrogen-bond acceptors (Lipinski definition) is 4. The van der Waals surface area contributed by atoms with Crippen LogP contribution in [0.2, 0.25) is 0 Å². The van der Waals surface area contributed by atoms with Gasteiger partial charge in [-0.15, -0.1) is 0 Å². The van der Waals surface area contributed by atoms with E-state index in [4.69, 9.17) is 5.73 Å². The van der Waals surface area contributed by atoms with E-state index in [1.54, 1.807) is 12.1 Å². The molecule has 1 saturated carbocycles. The van der Waals surface area contributed by atoms with E-state index in [1.165, 1.54) is 19.3 Å². The average Bonchev–Trinajstić information content (AvgIpc) is 2.90. The molecule has 1 aromatic carbocycles. The van der Waals surface area contributed by atoms with E-state index in [9.17, 15) is 10.1 Å². The SMILES string of the molecule is N#CC(CC1=Nc2ccccc2C1=O)C(N)=NC1CCCCC1. The van der Waals surface area contributed by atoms with E-state index in [1.807, 2.05) is 12.1 Å². The van der Waals surface area contributed by atoms with Crippen LogP contribution >= 0.6 is 0 Å². The zero-order valence-corrected chi connectivity index (χ0v) is 13.0. The minimum Gasteiger partial charge on any atom is -0.386 e. The molecule has 0 bridgehead atoms. The van der Waals surface area contributed by atoms with Crippen LogP contribution in [0.1, 0.15) is 48.9 Å². The number of hydrogen-bond donors (Lipinski definition) is 1. The van der Waals surface area contributed by atoms with Crippen molar-refractivity contribution >= 4 is 23.0 Å². The molecule has 5 nitrogen and oxygen atoms in total. The minimum absolute atomic E-state index is 0.105. The number of nitriles is 1. The van der Waals surface area contributed by atoms with Crippen molar-refractivity contribution in [2.75, 3.05) is 0 Å². The van der Waals surface area contributed by atoms with Crippen LogP contribution < -0.4 is 5.73 Å². The van der Waals surface area contributed by atoms with Gasteiger partial charge < -0.3 is 5.73 Å². The van der Waals surface area contributed by atoms with Gasteiger partial charge in [-0.25, -0.2) is 4.99 Å². The second-order valence-electron chi connectivity index (χ2n) is 6.14. The van der Waals surface area contributed by atoms with Crippen molar-refractivity contribution in [2.45, 2.75) is 44.6 Å². The predicted molar refractivity (Wildman–Crippen MR) is 90.1 cm³/mol. The number of rotatable bonds is 4. The van der Waals surface area contributed by atoms with E-state index < -0.39 is 5.92 Å². The van der Waals surface area contributed by atoms with Gasteiger partial charge >= 0.3 is 0 Å². The Balaban J connectivity index is 1.72. The number of carbonyl (C=O) groups is 1. The zero-order valence-electron chi connectivity index (χ0n) is 13.0. The Labute approximate surface area is 135 Å². The summed E-state index contributed by atoms with van der Waals surface area (Å²) in [7, 11) is 0. The first-order valence-electron chi connectivity index (χ1n) is 8.13. The van der Waals surface area contributed by atoms with Gasteiger partial charge in [0.2, 0.25) is 5.78 Å². The van der Waals surface area contributed by atoms with Gasteiger partial charge in [0.05, 0.1) is 23.5 Å². The second kappa shape index (κ2) is 6.74.